The SMILES string of the molecule is O=C(NCC(c1cccc(F)c1)N1CCOCC1)c1ccc(Cn2ccnc2)cc1. The lowest BCUT2D eigenvalue weighted by Gasteiger charge is -2.35. The zero-order valence-corrected chi connectivity index (χ0v) is 16.7. The molecule has 1 atom stereocenters. The number of benzene rings is 2. The predicted octanol–water partition coefficient (Wildman–Crippen LogP) is 2.87. The third kappa shape index (κ3) is 5.11. The van der Waals surface area contributed by atoms with E-state index in [4.69, 9.17) is 4.74 Å². The number of hydrogen-bond acceptors (Lipinski definition) is 4. The van der Waals surface area contributed by atoms with Crippen molar-refractivity contribution in [1.29, 1.82) is 0 Å². The molecule has 1 fully saturated rings. The van der Waals surface area contributed by atoms with Gasteiger partial charge in [-0.25, -0.2) is 9.37 Å². The Hall–Kier alpha value is -3.03. The monoisotopic (exact) mass is 408 g/mol. The zero-order valence-electron chi connectivity index (χ0n) is 16.7. The molecule has 2 aromatic carbocycles. The van der Waals surface area contributed by atoms with E-state index < -0.39 is 0 Å². The van der Waals surface area contributed by atoms with E-state index in [2.05, 4.69) is 15.2 Å². The standard InChI is InChI=1S/C23H25FN4O2/c24-21-3-1-2-20(14-21)22(28-10-12-30-13-11-28)15-26-23(29)19-6-4-18(5-7-19)16-27-9-8-25-17-27/h1-9,14,17,22H,10-13,15-16H2,(H,26,29). The first-order chi connectivity index (χ1) is 14.7. The second-order valence-electron chi connectivity index (χ2n) is 7.36. The van der Waals surface area contributed by atoms with E-state index in [-0.39, 0.29) is 17.8 Å². The molecule has 6 nitrogen and oxygen atoms in total. The van der Waals surface area contributed by atoms with E-state index in [0.29, 0.717) is 31.9 Å². The number of carbonyl (C=O) groups excluding carboxylic acids is 1. The normalized spacial score (nSPS) is 15.6. The predicted molar refractivity (Wildman–Crippen MR) is 112 cm³/mol. The van der Waals surface area contributed by atoms with Crippen LogP contribution in [-0.4, -0.2) is 53.2 Å². The Balaban J connectivity index is 1.41. The van der Waals surface area contributed by atoms with Crippen molar-refractivity contribution in [3.8, 4) is 0 Å². The Morgan fingerprint density at radius 1 is 1.17 bits per heavy atom. The van der Waals surface area contributed by atoms with Gasteiger partial charge >= 0.3 is 0 Å². The van der Waals surface area contributed by atoms with Crippen molar-refractivity contribution in [2.75, 3.05) is 32.8 Å². The van der Waals surface area contributed by atoms with Gasteiger partial charge in [-0.1, -0.05) is 24.3 Å². The number of ether oxygens (including phenoxy) is 1. The third-order valence-electron chi connectivity index (χ3n) is 5.32. The Labute approximate surface area is 175 Å². The second-order valence-corrected chi connectivity index (χ2v) is 7.36. The van der Waals surface area contributed by atoms with E-state index in [1.54, 1.807) is 18.6 Å². The van der Waals surface area contributed by atoms with Crippen LogP contribution in [0.4, 0.5) is 4.39 Å². The van der Waals surface area contributed by atoms with Gasteiger partial charge in [0, 0.05) is 44.1 Å². The average Bonchev–Trinajstić information content (AvgIpc) is 3.28. The summed E-state index contributed by atoms with van der Waals surface area (Å²) in [6, 6.07) is 14.0. The van der Waals surface area contributed by atoms with E-state index in [1.165, 1.54) is 12.1 Å². The molecule has 0 radical (unpaired) electrons. The van der Waals surface area contributed by atoms with Crippen LogP contribution in [0.5, 0.6) is 0 Å². The Kier molecular flexibility index (Phi) is 6.51. The second kappa shape index (κ2) is 9.65. The van der Waals surface area contributed by atoms with Crippen LogP contribution in [0.15, 0.2) is 67.3 Å². The Bertz CT molecular complexity index is 954. The van der Waals surface area contributed by atoms with Crippen molar-refractivity contribution in [2.45, 2.75) is 12.6 Å². The van der Waals surface area contributed by atoms with Crippen molar-refractivity contribution in [2.24, 2.45) is 0 Å². The molecule has 1 aliphatic rings. The van der Waals surface area contributed by atoms with Crippen molar-refractivity contribution < 1.29 is 13.9 Å². The molecule has 1 saturated heterocycles. The molecule has 1 N–H and O–H groups in total. The number of rotatable bonds is 7. The Morgan fingerprint density at radius 3 is 2.67 bits per heavy atom. The number of halogens is 1. The summed E-state index contributed by atoms with van der Waals surface area (Å²) in [5.41, 5.74) is 2.55. The minimum absolute atomic E-state index is 0.103. The summed E-state index contributed by atoms with van der Waals surface area (Å²) in [7, 11) is 0. The number of nitrogens with one attached hydrogen (secondary N) is 1. The molecule has 1 aliphatic heterocycles. The smallest absolute Gasteiger partial charge is 0.251 e. The van der Waals surface area contributed by atoms with Gasteiger partial charge in [0.25, 0.3) is 5.91 Å². The van der Waals surface area contributed by atoms with Crippen molar-refractivity contribution in [1.82, 2.24) is 19.8 Å². The molecule has 1 amide bonds. The first-order valence-electron chi connectivity index (χ1n) is 10.1. The average molecular weight is 408 g/mol. The van der Waals surface area contributed by atoms with Crippen molar-refractivity contribution in [3.63, 3.8) is 0 Å². The minimum Gasteiger partial charge on any atom is -0.379 e. The summed E-state index contributed by atoms with van der Waals surface area (Å²) < 4.78 is 21.2. The lowest BCUT2D eigenvalue weighted by atomic mass is 10.0. The highest BCUT2D eigenvalue weighted by atomic mass is 19.1. The summed E-state index contributed by atoms with van der Waals surface area (Å²) >= 11 is 0. The van der Waals surface area contributed by atoms with Gasteiger partial charge in [-0.3, -0.25) is 9.69 Å². The lowest BCUT2D eigenvalue weighted by molar-refractivity contribution is 0.0162. The van der Waals surface area contributed by atoms with Crippen LogP contribution < -0.4 is 5.32 Å². The van der Waals surface area contributed by atoms with Gasteiger partial charge < -0.3 is 14.6 Å². The van der Waals surface area contributed by atoms with Gasteiger partial charge in [0.2, 0.25) is 0 Å². The summed E-state index contributed by atoms with van der Waals surface area (Å²) in [4.78, 5) is 19.0. The number of imidazole rings is 1. The number of hydrogen-bond donors (Lipinski definition) is 1. The molecule has 0 bridgehead atoms. The van der Waals surface area contributed by atoms with Crippen LogP contribution in [0, 0.1) is 5.82 Å². The third-order valence-corrected chi connectivity index (χ3v) is 5.32. The number of morpholine rings is 1. The molecule has 1 aromatic heterocycles. The first kappa shape index (κ1) is 20.3. The van der Waals surface area contributed by atoms with Crippen molar-refractivity contribution >= 4 is 5.91 Å². The number of carbonyl (C=O) groups is 1. The summed E-state index contributed by atoms with van der Waals surface area (Å²) in [6.07, 6.45) is 5.41. The summed E-state index contributed by atoms with van der Waals surface area (Å²) in [5, 5.41) is 3.02. The molecule has 0 saturated carbocycles. The van der Waals surface area contributed by atoms with Gasteiger partial charge in [0.1, 0.15) is 5.82 Å². The first-order valence-corrected chi connectivity index (χ1v) is 10.1. The molecule has 0 spiro atoms. The Morgan fingerprint density at radius 2 is 1.97 bits per heavy atom. The van der Waals surface area contributed by atoms with Gasteiger partial charge in [0.05, 0.1) is 25.6 Å². The fourth-order valence-electron chi connectivity index (χ4n) is 3.70. The van der Waals surface area contributed by atoms with Crippen LogP contribution in [0.25, 0.3) is 0 Å². The quantitative estimate of drug-likeness (QED) is 0.653. The minimum atomic E-state index is -0.273. The molecule has 30 heavy (non-hydrogen) atoms. The molecular weight excluding hydrogens is 383 g/mol. The van der Waals surface area contributed by atoms with Crippen molar-refractivity contribution in [3.05, 3.63) is 89.8 Å². The highest BCUT2D eigenvalue weighted by Crippen LogP contribution is 2.22. The lowest BCUT2D eigenvalue weighted by Crippen LogP contribution is -2.43. The van der Waals surface area contributed by atoms with Crippen LogP contribution in [-0.2, 0) is 11.3 Å². The molecular formula is C23H25FN4O2. The van der Waals surface area contributed by atoms with Gasteiger partial charge in [-0.2, -0.15) is 0 Å². The van der Waals surface area contributed by atoms with Crippen LogP contribution >= 0.6 is 0 Å². The molecule has 156 valence electrons. The fourth-order valence-corrected chi connectivity index (χ4v) is 3.70. The largest absolute Gasteiger partial charge is 0.379 e. The number of amides is 1. The molecule has 1 unspecified atom stereocenters. The summed E-state index contributed by atoms with van der Waals surface area (Å²) in [6.45, 7) is 3.88. The maximum Gasteiger partial charge on any atom is 0.251 e. The maximum atomic E-state index is 13.8. The molecule has 2 heterocycles. The fraction of sp³-hybridized carbons (Fsp3) is 0.304. The highest BCUT2D eigenvalue weighted by molar-refractivity contribution is 5.94. The molecule has 7 heteroatoms. The molecule has 0 aliphatic carbocycles. The van der Waals surface area contributed by atoms with Gasteiger partial charge in [0.15, 0.2) is 0 Å². The highest BCUT2D eigenvalue weighted by Gasteiger charge is 2.23. The molecule has 4 rings (SSSR count). The van der Waals surface area contributed by atoms with E-state index in [9.17, 15) is 9.18 Å². The summed E-state index contributed by atoms with van der Waals surface area (Å²) in [5.74, 6) is -0.413. The topological polar surface area (TPSA) is 59.4 Å². The zero-order chi connectivity index (χ0) is 20.8. The van der Waals surface area contributed by atoms with Gasteiger partial charge in [-0.15, -0.1) is 0 Å². The van der Waals surface area contributed by atoms with E-state index in [1.807, 2.05) is 41.1 Å². The van der Waals surface area contributed by atoms with Gasteiger partial charge in [-0.05, 0) is 35.4 Å². The number of aromatic nitrogens is 2. The van der Waals surface area contributed by atoms with Crippen LogP contribution in [0.2, 0.25) is 0 Å². The van der Waals surface area contributed by atoms with Crippen LogP contribution in [0.1, 0.15) is 27.5 Å². The van der Waals surface area contributed by atoms with E-state index >= 15 is 0 Å². The maximum absolute atomic E-state index is 13.8. The number of nitrogens with zero attached hydrogens (tertiary/aromatic N) is 3. The molecule has 3 aromatic rings. The van der Waals surface area contributed by atoms with Crippen LogP contribution in [0.3, 0.4) is 0 Å². The van der Waals surface area contributed by atoms with E-state index in [0.717, 1.165) is 24.2 Å².